The average molecular weight is 1230 g/mol. The van der Waals surface area contributed by atoms with Gasteiger partial charge in [-0.15, -0.1) is 0 Å². The number of unbranched alkanes of at least 4 members (excludes halogenated alkanes) is 56. The van der Waals surface area contributed by atoms with E-state index in [1.807, 2.05) is 0 Å². The van der Waals surface area contributed by atoms with Gasteiger partial charge in [0, 0.05) is 51.9 Å². The van der Waals surface area contributed by atoms with Crippen LogP contribution in [0.25, 0.3) is 0 Å². The number of carbonyl (C=O) groups is 4. The van der Waals surface area contributed by atoms with Gasteiger partial charge in [0.25, 0.3) is 0 Å². The third-order valence-electron chi connectivity index (χ3n) is 16.0. The fourth-order valence-electron chi connectivity index (χ4n) is 10.6. The second kappa shape index (κ2) is 85.2. The summed E-state index contributed by atoms with van der Waals surface area (Å²) in [6.45, 7) is 9.08. The van der Waals surface area contributed by atoms with Crippen LogP contribution in [0.4, 0.5) is 0 Å². The molecular formula is C72H144O8Zr. The first-order valence-electron chi connectivity index (χ1n) is 36.0. The van der Waals surface area contributed by atoms with Crippen molar-refractivity contribution in [3.63, 3.8) is 0 Å². The van der Waals surface area contributed by atoms with Gasteiger partial charge >= 0.3 is 23.9 Å². The summed E-state index contributed by atoms with van der Waals surface area (Å²) >= 11 is 0. The van der Waals surface area contributed by atoms with Crippen molar-refractivity contribution in [1.29, 1.82) is 0 Å². The molecule has 0 saturated heterocycles. The molecule has 0 heterocycles. The van der Waals surface area contributed by atoms with Crippen molar-refractivity contribution in [2.45, 2.75) is 439 Å². The summed E-state index contributed by atoms with van der Waals surface area (Å²) in [5.74, 6) is -2.61. The molecule has 0 aromatic rings. The Morgan fingerprint density at radius 1 is 0.160 bits per heavy atom. The molecule has 8 nitrogen and oxygen atoms in total. The largest absolute Gasteiger partial charge is 0.481 e. The summed E-state index contributed by atoms with van der Waals surface area (Å²) in [6.07, 6.45) is 80.8. The minimum absolute atomic E-state index is 0. The second-order valence-corrected chi connectivity index (χ2v) is 24.4. The Morgan fingerprint density at radius 3 is 0.309 bits per heavy atom. The summed E-state index contributed by atoms with van der Waals surface area (Å²) in [7, 11) is 0. The monoisotopic (exact) mass is 1230 g/mol. The summed E-state index contributed by atoms with van der Waals surface area (Å²) in [6, 6.07) is 0. The van der Waals surface area contributed by atoms with E-state index in [9.17, 15) is 19.2 Å². The van der Waals surface area contributed by atoms with E-state index in [2.05, 4.69) is 27.7 Å². The van der Waals surface area contributed by atoms with Crippen molar-refractivity contribution in [2.75, 3.05) is 0 Å². The van der Waals surface area contributed by atoms with Crippen LogP contribution in [-0.4, -0.2) is 44.3 Å². The Bertz CT molecular complexity index is 990. The Hall–Kier alpha value is -1.24. The molecule has 0 aromatic heterocycles. The fraction of sp³-hybridized carbons (Fsp3) is 0.944. The normalized spacial score (nSPS) is 10.7. The second-order valence-electron chi connectivity index (χ2n) is 24.4. The van der Waals surface area contributed by atoms with Gasteiger partial charge in [-0.1, -0.05) is 387 Å². The summed E-state index contributed by atoms with van der Waals surface area (Å²) in [5, 5.41) is 34.1. The first-order valence-corrected chi connectivity index (χ1v) is 36.0. The molecule has 4 N–H and O–H groups in total. The van der Waals surface area contributed by atoms with Crippen LogP contribution in [-0.2, 0) is 45.4 Å². The van der Waals surface area contributed by atoms with Crippen LogP contribution < -0.4 is 0 Å². The predicted octanol–water partition coefficient (Wildman–Crippen LogP) is 25.3. The topological polar surface area (TPSA) is 149 Å². The van der Waals surface area contributed by atoms with Crippen molar-refractivity contribution in [3.8, 4) is 0 Å². The Balaban J connectivity index is -0.000000316. The summed E-state index contributed by atoms with van der Waals surface area (Å²) < 4.78 is 0. The van der Waals surface area contributed by atoms with E-state index < -0.39 is 23.9 Å². The Kier molecular flexibility index (Phi) is 93.1. The van der Waals surface area contributed by atoms with E-state index in [-0.39, 0.29) is 26.2 Å². The molecule has 0 saturated carbocycles. The molecule has 81 heavy (non-hydrogen) atoms. The Morgan fingerprint density at radius 2 is 0.235 bits per heavy atom. The van der Waals surface area contributed by atoms with E-state index >= 15 is 0 Å². The Labute approximate surface area is 525 Å². The van der Waals surface area contributed by atoms with Crippen LogP contribution in [0.2, 0.25) is 0 Å². The minimum Gasteiger partial charge on any atom is -0.481 e. The van der Waals surface area contributed by atoms with Crippen molar-refractivity contribution in [1.82, 2.24) is 0 Å². The average Bonchev–Trinajstić information content (AvgIpc) is 3.43. The van der Waals surface area contributed by atoms with E-state index in [0.29, 0.717) is 25.7 Å². The molecule has 0 aliphatic heterocycles. The van der Waals surface area contributed by atoms with Gasteiger partial charge in [0.1, 0.15) is 0 Å². The first kappa shape index (κ1) is 88.5. The maximum absolute atomic E-state index is 10.3. The minimum atomic E-state index is -0.653. The zero-order valence-electron chi connectivity index (χ0n) is 55.2. The molecule has 0 spiro atoms. The predicted molar refractivity (Wildman–Crippen MR) is 349 cm³/mol. The standard InChI is InChI=1S/4C18H36O2.Zr/c4*1-2-3-4-5-6-7-8-9-10-11-12-13-14-15-16-17-18(19)20;/h4*2-17H2,1H3,(H,19,20);. The quantitative estimate of drug-likeness (QED) is 0.0440. The third-order valence-corrected chi connectivity index (χ3v) is 16.0. The zero-order valence-corrected chi connectivity index (χ0v) is 57.6. The summed E-state index contributed by atoms with van der Waals surface area (Å²) in [4.78, 5) is 41.3. The molecule has 0 radical (unpaired) electrons. The number of hydrogen-bond donors (Lipinski definition) is 4. The van der Waals surface area contributed by atoms with Crippen LogP contribution in [0.5, 0.6) is 0 Å². The van der Waals surface area contributed by atoms with Crippen LogP contribution in [0.1, 0.15) is 439 Å². The summed E-state index contributed by atoms with van der Waals surface area (Å²) in [5.41, 5.74) is 0. The molecule has 484 valence electrons. The first-order chi connectivity index (χ1) is 39.1. The van der Waals surface area contributed by atoms with Crippen molar-refractivity contribution >= 4 is 23.9 Å². The molecule has 0 aliphatic rings. The number of aliphatic carboxylic acids is 4. The van der Waals surface area contributed by atoms with Crippen molar-refractivity contribution in [2.24, 2.45) is 0 Å². The van der Waals surface area contributed by atoms with Crippen LogP contribution >= 0.6 is 0 Å². The molecular weight excluding hydrogens is 1080 g/mol. The van der Waals surface area contributed by atoms with Gasteiger partial charge in [0.15, 0.2) is 0 Å². The van der Waals surface area contributed by atoms with E-state index in [1.165, 1.54) is 334 Å². The smallest absolute Gasteiger partial charge is 0.303 e. The third kappa shape index (κ3) is 104. The SMILES string of the molecule is CCCCCCCCCCCCCCCCCC(=O)O.CCCCCCCCCCCCCCCCCC(=O)O.CCCCCCCCCCCCCCCCCC(=O)O.CCCCCCCCCCCCCCCCCC(=O)O.[Zr]. The molecule has 0 fully saturated rings. The van der Waals surface area contributed by atoms with Gasteiger partial charge in [-0.25, -0.2) is 0 Å². The molecule has 0 aromatic carbocycles. The van der Waals surface area contributed by atoms with Gasteiger partial charge in [0.2, 0.25) is 0 Å². The van der Waals surface area contributed by atoms with E-state index in [4.69, 9.17) is 20.4 Å². The molecule has 0 bridgehead atoms. The molecule has 0 amide bonds. The van der Waals surface area contributed by atoms with Crippen LogP contribution in [0.3, 0.4) is 0 Å². The zero-order chi connectivity index (χ0) is 59.6. The molecule has 9 heteroatoms. The van der Waals surface area contributed by atoms with Crippen molar-refractivity contribution in [3.05, 3.63) is 0 Å². The van der Waals surface area contributed by atoms with Gasteiger partial charge in [-0.3, -0.25) is 19.2 Å². The molecule has 0 aliphatic carbocycles. The maximum atomic E-state index is 10.3. The van der Waals surface area contributed by atoms with E-state index in [0.717, 1.165) is 51.4 Å². The molecule has 0 atom stereocenters. The van der Waals surface area contributed by atoms with Crippen LogP contribution in [0, 0.1) is 0 Å². The van der Waals surface area contributed by atoms with Crippen LogP contribution in [0.15, 0.2) is 0 Å². The number of carboxylic acids is 4. The van der Waals surface area contributed by atoms with E-state index in [1.54, 1.807) is 0 Å². The van der Waals surface area contributed by atoms with Gasteiger partial charge < -0.3 is 20.4 Å². The number of hydrogen-bond acceptors (Lipinski definition) is 4. The fourth-order valence-corrected chi connectivity index (χ4v) is 10.6. The van der Waals surface area contributed by atoms with Crippen molar-refractivity contribution < 1.29 is 65.8 Å². The number of rotatable bonds is 64. The molecule has 0 rings (SSSR count). The number of carboxylic acid groups (broad SMARTS) is 4. The van der Waals surface area contributed by atoms with Gasteiger partial charge in [-0.05, 0) is 25.7 Å². The molecule has 0 unspecified atom stereocenters. The van der Waals surface area contributed by atoms with Gasteiger partial charge in [0.05, 0.1) is 0 Å². The van der Waals surface area contributed by atoms with Gasteiger partial charge in [-0.2, -0.15) is 0 Å². The maximum Gasteiger partial charge on any atom is 0.303 e.